The van der Waals surface area contributed by atoms with Crippen LogP contribution in [0.4, 0.5) is 0 Å². The Bertz CT molecular complexity index is 324. The van der Waals surface area contributed by atoms with Crippen molar-refractivity contribution in [2.45, 2.75) is 52.4 Å². The minimum atomic E-state index is -0.00859. The van der Waals surface area contributed by atoms with Gasteiger partial charge in [-0.3, -0.25) is 0 Å². The van der Waals surface area contributed by atoms with Crippen LogP contribution in [0.15, 0.2) is 18.2 Å². The fourth-order valence-electron chi connectivity index (χ4n) is 1.75. The largest absolute Gasteiger partial charge is 0.507 e. The summed E-state index contributed by atoms with van der Waals surface area (Å²) in [6.45, 7) is 12.7. The highest BCUT2D eigenvalue weighted by atomic mass is 24.3. The maximum Gasteiger partial charge on any atom is 0.316 e. The van der Waals surface area contributed by atoms with Crippen molar-refractivity contribution in [1.29, 1.82) is 0 Å². The van der Waals surface area contributed by atoms with Gasteiger partial charge in [-0.05, 0) is 22.0 Å². The van der Waals surface area contributed by atoms with Crippen LogP contribution in [0.2, 0.25) is 0 Å². The van der Waals surface area contributed by atoms with E-state index < -0.39 is 0 Å². The van der Waals surface area contributed by atoms with Crippen molar-refractivity contribution in [3.05, 3.63) is 29.3 Å². The number of phenolic OH excluding ortho intramolecular Hbond substituents is 1. The second kappa shape index (κ2) is 4.97. The molecule has 0 aliphatic rings. The SMILES string of the molecule is CC(C)(C)c1cccc(C(C)(C)C)c1O.[MgH2]. The number of benzene rings is 1. The normalized spacial score (nSPS) is 12.1. The van der Waals surface area contributed by atoms with Crippen LogP contribution in [-0.2, 0) is 10.8 Å². The van der Waals surface area contributed by atoms with Crippen LogP contribution < -0.4 is 0 Å². The number of hydrogen-bond acceptors (Lipinski definition) is 1. The lowest BCUT2D eigenvalue weighted by Gasteiger charge is -2.26. The molecule has 0 aromatic heterocycles. The maximum absolute atomic E-state index is 10.3. The molecule has 88 valence electrons. The Hall–Kier alpha value is -0.214. The van der Waals surface area contributed by atoms with E-state index in [1.807, 2.05) is 18.2 Å². The van der Waals surface area contributed by atoms with Crippen molar-refractivity contribution in [2.75, 3.05) is 0 Å². The summed E-state index contributed by atoms with van der Waals surface area (Å²) >= 11 is 0. The first-order valence-electron chi connectivity index (χ1n) is 5.47. The topological polar surface area (TPSA) is 20.2 Å². The van der Waals surface area contributed by atoms with Gasteiger partial charge in [0.05, 0.1) is 0 Å². The van der Waals surface area contributed by atoms with Gasteiger partial charge in [0, 0.05) is 0 Å². The molecule has 0 heterocycles. The Kier molecular flexibility index (Phi) is 4.90. The first-order valence-corrected chi connectivity index (χ1v) is 5.47. The van der Waals surface area contributed by atoms with Crippen LogP contribution in [0.3, 0.4) is 0 Å². The van der Waals surface area contributed by atoms with E-state index >= 15 is 0 Å². The van der Waals surface area contributed by atoms with E-state index in [0.717, 1.165) is 11.1 Å². The van der Waals surface area contributed by atoms with Crippen molar-refractivity contribution in [1.82, 2.24) is 0 Å². The molecule has 0 aliphatic carbocycles. The quantitative estimate of drug-likeness (QED) is 0.682. The zero-order valence-electron chi connectivity index (χ0n) is 10.7. The van der Waals surface area contributed by atoms with E-state index in [2.05, 4.69) is 41.5 Å². The van der Waals surface area contributed by atoms with Crippen LogP contribution in [-0.4, -0.2) is 28.2 Å². The summed E-state index contributed by atoms with van der Waals surface area (Å²) in [5.74, 6) is 0.456. The third-order valence-electron chi connectivity index (χ3n) is 2.65. The molecular formula is C14H24MgO. The fourth-order valence-corrected chi connectivity index (χ4v) is 1.75. The van der Waals surface area contributed by atoms with Gasteiger partial charge in [0.15, 0.2) is 0 Å². The third-order valence-corrected chi connectivity index (χ3v) is 2.65. The van der Waals surface area contributed by atoms with Crippen LogP contribution in [0.1, 0.15) is 52.7 Å². The van der Waals surface area contributed by atoms with Crippen molar-refractivity contribution >= 4 is 23.1 Å². The van der Waals surface area contributed by atoms with E-state index in [9.17, 15) is 5.11 Å². The molecule has 0 fully saturated rings. The second-order valence-corrected chi connectivity index (χ2v) is 6.20. The summed E-state index contributed by atoms with van der Waals surface area (Å²) < 4.78 is 0. The molecule has 1 N–H and O–H groups in total. The van der Waals surface area contributed by atoms with Gasteiger partial charge in [-0.25, -0.2) is 0 Å². The minimum absolute atomic E-state index is 0. The second-order valence-electron chi connectivity index (χ2n) is 6.20. The molecule has 1 rings (SSSR count). The lowest BCUT2D eigenvalue weighted by atomic mass is 9.80. The van der Waals surface area contributed by atoms with E-state index in [1.54, 1.807) is 0 Å². The van der Waals surface area contributed by atoms with Gasteiger partial charge < -0.3 is 5.11 Å². The van der Waals surface area contributed by atoms with Crippen LogP contribution in [0.25, 0.3) is 0 Å². The summed E-state index contributed by atoms with van der Waals surface area (Å²) in [7, 11) is 0. The Morgan fingerprint density at radius 3 is 1.38 bits per heavy atom. The summed E-state index contributed by atoms with van der Waals surface area (Å²) in [5, 5.41) is 10.3. The van der Waals surface area contributed by atoms with Crippen molar-refractivity contribution in [3.8, 4) is 5.75 Å². The molecule has 1 nitrogen and oxygen atoms in total. The predicted octanol–water partition coefficient (Wildman–Crippen LogP) is 3.07. The molecule has 0 unspecified atom stereocenters. The molecule has 0 radical (unpaired) electrons. The number of para-hydroxylation sites is 1. The lowest BCUT2D eigenvalue weighted by Crippen LogP contribution is -2.16. The molecule has 0 amide bonds. The Labute approximate surface area is 115 Å². The molecule has 2 heteroatoms. The standard InChI is InChI=1S/C14H22O.Mg.2H/c1-13(2,3)10-8-7-9-11(12(10)15)14(4,5)6;;;/h7-9,15H,1-6H3;;;. The highest BCUT2D eigenvalue weighted by Gasteiger charge is 2.24. The average molecular weight is 233 g/mol. The molecule has 16 heavy (non-hydrogen) atoms. The van der Waals surface area contributed by atoms with Gasteiger partial charge in [0.25, 0.3) is 0 Å². The molecule has 0 aliphatic heterocycles. The first kappa shape index (κ1) is 15.8. The van der Waals surface area contributed by atoms with E-state index in [4.69, 9.17) is 0 Å². The van der Waals surface area contributed by atoms with Gasteiger partial charge in [-0.15, -0.1) is 0 Å². The third kappa shape index (κ3) is 3.39. The van der Waals surface area contributed by atoms with E-state index in [0.29, 0.717) is 5.75 Å². The molecule has 0 spiro atoms. The Morgan fingerprint density at radius 1 is 0.812 bits per heavy atom. The summed E-state index contributed by atoms with van der Waals surface area (Å²) in [6, 6.07) is 6.04. The fraction of sp³-hybridized carbons (Fsp3) is 0.571. The number of phenols is 1. The van der Waals surface area contributed by atoms with Crippen LogP contribution >= 0.6 is 0 Å². The van der Waals surface area contributed by atoms with E-state index in [-0.39, 0.29) is 33.9 Å². The molecule has 1 aromatic carbocycles. The van der Waals surface area contributed by atoms with Crippen molar-refractivity contribution in [2.24, 2.45) is 0 Å². The smallest absolute Gasteiger partial charge is 0.316 e. The highest BCUT2D eigenvalue weighted by Crippen LogP contribution is 2.38. The van der Waals surface area contributed by atoms with E-state index in [1.165, 1.54) is 0 Å². The summed E-state index contributed by atoms with van der Waals surface area (Å²) in [4.78, 5) is 0. The minimum Gasteiger partial charge on any atom is -0.507 e. The summed E-state index contributed by atoms with van der Waals surface area (Å²) in [5.41, 5.74) is 2.03. The van der Waals surface area contributed by atoms with Gasteiger partial charge >= 0.3 is 23.1 Å². The molecule has 1 aromatic rings. The van der Waals surface area contributed by atoms with Crippen molar-refractivity contribution in [3.63, 3.8) is 0 Å². The number of hydrogen-bond donors (Lipinski definition) is 1. The zero-order chi connectivity index (χ0) is 11.9. The molecule has 0 atom stereocenters. The Morgan fingerprint density at radius 2 is 1.12 bits per heavy atom. The first-order chi connectivity index (χ1) is 6.64. The van der Waals surface area contributed by atoms with Crippen LogP contribution in [0, 0.1) is 0 Å². The van der Waals surface area contributed by atoms with Gasteiger partial charge in [-0.1, -0.05) is 59.7 Å². The summed E-state index contributed by atoms with van der Waals surface area (Å²) in [6.07, 6.45) is 0. The molecule has 0 saturated heterocycles. The van der Waals surface area contributed by atoms with Gasteiger partial charge in [0.2, 0.25) is 0 Å². The average Bonchev–Trinajstić information content (AvgIpc) is 1.99. The zero-order valence-corrected chi connectivity index (χ0v) is 10.7. The number of rotatable bonds is 0. The monoisotopic (exact) mass is 232 g/mol. The molecule has 0 bridgehead atoms. The highest BCUT2D eigenvalue weighted by molar-refractivity contribution is 5.75. The Balaban J connectivity index is 0.00000225. The predicted molar refractivity (Wildman–Crippen MR) is 74.1 cm³/mol. The lowest BCUT2D eigenvalue weighted by molar-refractivity contribution is 0.423. The number of aromatic hydroxyl groups is 1. The van der Waals surface area contributed by atoms with Gasteiger partial charge in [-0.2, -0.15) is 0 Å². The maximum atomic E-state index is 10.3. The molecule has 0 saturated carbocycles. The van der Waals surface area contributed by atoms with Crippen molar-refractivity contribution < 1.29 is 5.11 Å². The molecular weight excluding hydrogens is 208 g/mol. The van der Waals surface area contributed by atoms with Crippen LogP contribution in [0.5, 0.6) is 5.75 Å². The van der Waals surface area contributed by atoms with Gasteiger partial charge in [0.1, 0.15) is 5.75 Å².